The molecule has 30 heavy (non-hydrogen) atoms. The van der Waals surface area contributed by atoms with E-state index in [0.717, 1.165) is 16.8 Å². The second-order valence-corrected chi connectivity index (χ2v) is 6.72. The minimum absolute atomic E-state index is 0.0120. The Morgan fingerprint density at radius 2 is 1.83 bits per heavy atom. The lowest BCUT2D eigenvalue weighted by molar-refractivity contribution is -0.125. The Hall–Kier alpha value is -3.87. The summed E-state index contributed by atoms with van der Waals surface area (Å²) < 4.78 is 19.3. The summed E-state index contributed by atoms with van der Waals surface area (Å²) >= 11 is 0. The Labute approximate surface area is 173 Å². The summed E-state index contributed by atoms with van der Waals surface area (Å²) in [6.07, 6.45) is 2.64. The Morgan fingerprint density at radius 1 is 1.03 bits per heavy atom. The number of hydrogen-bond donors (Lipinski definition) is 3. The molecule has 0 fully saturated rings. The van der Waals surface area contributed by atoms with Crippen LogP contribution in [-0.2, 0) is 9.59 Å². The van der Waals surface area contributed by atoms with E-state index in [1.807, 2.05) is 32.0 Å². The molecule has 0 saturated heterocycles. The predicted octanol–water partition coefficient (Wildman–Crippen LogP) is 3.98. The lowest BCUT2D eigenvalue weighted by Gasteiger charge is -2.10. The first-order valence-corrected chi connectivity index (χ1v) is 9.35. The minimum atomic E-state index is -0.529. The van der Waals surface area contributed by atoms with Crippen molar-refractivity contribution < 1.29 is 18.4 Å². The molecule has 3 rings (SSSR count). The Kier molecular flexibility index (Phi) is 6.64. The van der Waals surface area contributed by atoms with Crippen LogP contribution in [0.1, 0.15) is 16.9 Å². The Morgan fingerprint density at radius 3 is 2.60 bits per heavy atom. The molecule has 2 amide bonds. The van der Waals surface area contributed by atoms with Gasteiger partial charge in [0.05, 0.1) is 12.1 Å². The van der Waals surface area contributed by atoms with Crippen molar-refractivity contribution in [2.45, 2.75) is 13.8 Å². The zero-order valence-corrected chi connectivity index (χ0v) is 16.7. The smallest absolute Gasteiger partial charge is 0.262 e. The van der Waals surface area contributed by atoms with Crippen LogP contribution in [0.15, 0.2) is 65.1 Å². The van der Waals surface area contributed by atoms with Crippen molar-refractivity contribution in [1.29, 1.82) is 0 Å². The Bertz CT molecular complexity index is 1090. The number of hydrazine groups is 1. The third-order valence-corrected chi connectivity index (χ3v) is 4.31. The number of furan rings is 1. The van der Waals surface area contributed by atoms with Crippen LogP contribution >= 0.6 is 0 Å². The number of anilines is 1. The number of amides is 2. The zero-order chi connectivity index (χ0) is 21.5. The monoisotopic (exact) mass is 407 g/mol. The Balaban J connectivity index is 1.47. The van der Waals surface area contributed by atoms with Crippen molar-refractivity contribution in [2.24, 2.45) is 0 Å². The van der Waals surface area contributed by atoms with Crippen molar-refractivity contribution in [3.63, 3.8) is 0 Å². The number of carbonyl (C=O) groups excluding carboxylic acids is 2. The van der Waals surface area contributed by atoms with Gasteiger partial charge in [0, 0.05) is 11.8 Å². The van der Waals surface area contributed by atoms with E-state index in [4.69, 9.17) is 4.42 Å². The summed E-state index contributed by atoms with van der Waals surface area (Å²) in [6.45, 7) is 3.96. The first kappa shape index (κ1) is 20.9. The van der Waals surface area contributed by atoms with Gasteiger partial charge in [-0.05, 0) is 55.8 Å². The quantitative estimate of drug-likeness (QED) is 0.426. The number of benzene rings is 2. The summed E-state index contributed by atoms with van der Waals surface area (Å²) in [6, 6.07) is 15.4. The number of aryl methyl sites for hydroxylation is 2. The summed E-state index contributed by atoms with van der Waals surface area (Å²) in [7, 11) is 0. The van der Waals surface area contributed by atoms with Gasteiger partial charge in [0.1, 0.15) is 17.3 Å². The largest absolute Gasteiger partial charge is 0.457 e. The zero-order valence-electron chi connectivity index (χ0n) is 16.7. The topological polar surface area (TPSA) is 83.4 Å². The van der Waals surface area contributed by atoms with Gasteiger partial charge >= 0.3 is 0 Å². The molecule has 154 valence electrons. The van der Waals surface area contributed by atoms with Gasteiger partial charge in [0.15, 0.2) is 0 Å². The summed E-state index contributed by atoms with van der Waals surface area (Å²) in [5.41, 5.74) is 7.98. The standard InChI is InChI=1S/C23H22FN3O3/c1-15-7-10-20(16(2)13-15)25-14-23(29)27-26-22(28)12-9-17-8-11-21(30-17)18-5-3-4-6-19(18)24/h3-13,25H,14H2,1-2H3,(H,26,28)(H,27,29)/b12-9+. The van der Waals surface area contributed by atoms with E-state index < -0.39 is 17.6 Å². The molecule has 0 unspecified atom stereocenters. The normalized spacial score (nSPS) is 10.8. The van der Waals surface area contributed by atoms with Crippen LogP contribution in [0.25, 0.3) is 17.4 Å². The highest BCUT2D eigenvalue weighted by Gasteiger charge is 2.08. The third kappa shape index (κ3) is 5.57. The van der Waals surface area contributed by atoms with Gasteiger partial charge in [-0.1, -0.05) is 29.8 Å². The summed E-state index contributed by atoms with van der Waals surface area (Å²) in [4.78, 5) is 23.8. The summed E-state index contributed by atoms with van der Waals surface area (Å²) in [5, 5.41) is 3.02. The van der Waals surface area contributed by atoms with Crippen molar-refractivity contribution >= 4 is 23.6 Å². The molecule has 2 aromatic carbocycles. The van der Waals surface area contributed by atoms with Gasteiger partial charge in [-0.25, -0.2) is 4.39 Å². The maximum atomic E-state index is 13.8. The first-order chi connectivity index (χ1) is 14.4. The van der Waals surface area contributed by atoms with Crippen LogP contribution in [-0.4, -0.2) is 18.4 Å². The molecule has 0 aliphatic rings. The lowest BCUT2D eigenvalue weighted by Crippen LogP contribution is -2.43. The van der Waals surface area contributed by atoms with Crippen LogP contribution in [0.4, 0.5) is 10.1 Å². The molecule has 0 aliphatic heterocycles. The molecule has 1 aromatic heterocycles. The van der Waals surface area contributed by atoms with Gasteiger partial charge in [0.25, 0.3) is 11.8 Å². The molecule has 3 N–H and O–H groups in total. The number of carbonyl (C=O) groups is 2. The van der Waals surface area contributed by atoms with Crippen LogP contribution < -0.4 is 16.2 Å². The highest BCUT2D eigenvalue weighted by molar-refractivity contribution is 5.93. The van der Waals surface area contributed by atoms with E-state index in [1.54, 1.807) is 30.3 Å². The fourth-order valence-electron chi connectivity index (χ4n) is 2.81. The average molecular weight is 407 g/mol. The molecular formula is C23H22FN3O3. The third-order valence-electron chi connectivity index (χ3n) is 4.31. The van der Waals surface area contributed by atoms with Crippen molar-refractivity contribution in [3.05, 3.63) is 83.4 Å². The number of hydrogen-bond acceptors (Lipinski definition) is 4. The van der Waals surface area contributed by atoms with Gasteiger partial charge in [-0.15, -0.1) is 0 Å². The summed E-state index contributed by atoms with van der Waals surface area (Å²) in [5.74, 6) is -0.572. The van der Waals surface area contributed by atoms with E-state index in [2.05, 4.69) is 16.2 Å². The molecular weight excluding hydrogens is 385 g/mol. The van der Waals surface area contributed by atoms with Gasteiger partial charge in [-0.2, -0.15) is 0 Å². The van der Waals surface area contributed by atoms with E-state index in [1.165, 1.54) is 18.2 Å². The van der Waals surface area contributed by atoms with E-state index in [0.29, 0.717) is 17.1 Å². The molecule has 6 nitrogen and oxygen atoms in total. The molecule has 0 bridgehead atoms. The maximum absolute atomic E-state index is 13.8. The molecule has 3 aromatic rings. The van der Waals surface area contributed by atoms with Crippen LogP contribution in [0.5, 0.6) is 0 Å². The number of halogens is 1. The van der Waals surface area contributed by atoms with Crippen molar-refractivity contribution in [1.82, 2.24) is 10.9 Å². The maximum Gasteiger partial charge on any atom is 0.262 e. The minimum Gasteiger partial charge on any atom is -0.457 e. The van der Waals surface area contributed by atoms with Crippen LogP contribution in [0.3, 0.4) is 0 Å². The van der Waals surface area contributed by atoms with Crippen molar-refractivity contribution in [3.8, 4) is 11.3 Å². The molecule has 0 aliphatic carbocycles. The van der Waals surface area contributed by atoms with Gasteiger partial charge in [-0.3, -0.25) is 20.4 Å². The molecule has 7 heteroatoms. The van der Waals surface area contributed by atoms with E-state index in [9.17, 15) is 14.0 Å². The highest BCUT2D eigenvalue weighted by atomic mass is 19.1. The van der Waals surface area contributed by atoms with E-state index >= 15 is 0 Å². The number of nitrogens with one attached hydrogen (secondary N) is 3. The first-order valence-electron chi connectivity index (χ1n) is 9.35. The SMILES string of the molecule is Cc1ccc(NCC(=O)NNC(=O)/C=C/c2ccc(-c3ccccc3F)o2)c(C)c1. The van der Waals surface area contributed by atoms with Crippen LogP contribution in [0.2, 0.25) is 0 Å². The second-order valence-electron chi connectivity index (χ2n) is 6.72. The second kappa shape index (κ2) is 9.56. The predicted molar refractivity (Wildman–Crippen MR) is 114 cm³/mol. The molecule has 0 saturated carbocycles. The molecule has 0 spiro atoms. The van der Waals surface area contributed by atoms with Crippen molar-refractivity contribution in [2.75, 3.05) is 11.9 Å². The van der Waals surface area contributed by atoms with Crippen LogP contribution in [0, 0.1) is 19.7 Å². The highest BCUT2D eigenvalue weighted by Crippen LogP contribution is 2.25. The molecule has 0 atom stereocenters. The fourth-order valence-corrected chi connectivity index (χ4v) is 2.81. The van der Waals surface area contributed by atoms with E-state index in [-0.39, 0.29) is 6.54 Å². The average Bonchev–Trinajstić information content (AvgIpc) is 3.19. The fraction of sp³-hybridized carbons (Fsp3) is 0.130. The molecule has 1 heterocycles. The lowest BCUT2D eigenvalue weighted by atomic mass is 10.1. The van der Waals surface area contributed by atoms with Gasteiger partial charge in [0.2, 0.25) is 0 Å². The van der Waals surface area contributed by atoms with Gasteiger partial charge < -0.3 is 9.73 Å². The molecule has 0 radical (unpaired) electrons. The number of rotatable bonds is 6.